The summed E-state index contributed by atoms with van der Waals surface area (Å²) >= 11 is 6.77. The van der Waals surface area contributed by atoms with Crippen molar-refractivity contribution in [3.63, 3.8) is 0 Å². The summed E-state index contributed by atoms with van der Waals surface area (Å²) in [6.45, 7) is 3.72. The molecule has 6 nitrogen and oxygen atoms in total. The summed E-state index contributed by atoms with van der Waals surface area (Å²) in [5.41, 5.74) is 0. The fourth-order valence-corrected chi connectivity index (χ4v) is 3.11. The van der Waals surface area contributed by atoms with Gasteiger partial charge in [-0.05, 0) is 37.0 Å². The minimum absolute atomic E-state index is 0.240. The molecule has 2 aromatic rings. The van der Waals surface area contributed by atoms with Crippen LogP contribution in [0.1, 0.15) is 32.7 Å². The lowest BCUT2D eigenvalue weighted by atomic mass is 10.1. The van der Waals surface area contributed by atoms with Gasteiger partial charge in [-0.1, -0.05) is 19.4 Å². The van der Waals surface area contributed by atoms with E-state index in [1.165, 1.54) is 11.3 Å². The van der Waals surface area contributed by atoms with Crippen molar-refractivity contribution in [1.29, 1.82) is 5.26 Å². The van der Waals surface area contributed by atoms with Gasteiger partial charge in [0.2, 0.25) is 5.91 Å². The summed E-state index contributed by atoms with van der Waals surface area (Å²) in [4.78, 5) is 13.3. The first-order valence-electron chi connectivity index (χ1n) is 6.99. The van der Waals surface area contributed by atoms with Crippen molar-refractivity contribution in [2.45, 2.75) is 38.8 Å². The average Bonchev–Trinajstić information content (AvgIpc) is 3.14. The van der Waals surface area contributed by atoms with E-state index in [1.807, 2.05) is 24.4 Å². The second-order valence-corrected chi connectivity index (χ2v) is 6.19. The molecule has 2 rings (SSSR count). The number of aromatic nitrogens is 3. The fourth-order valence-electron chi connectivity index (χ4n) is 2.11. The highest BCUT2D eigenvalue weighted by Crippen LogP contribution is 2.25. The van der Waals surface area contributed by atoms with Crippen LogP contribution in [0.3, 0.4) is 0 Å². The molecule has 0 radical (unpaired) electrons. The van der Waals surface area contributed by atoms with Crippen LogP contribution >= 0.6 is 23.6 Å². The van der Waals surface area contributed by atoms with Gasteiger partial charge >= 0.3 is 0 Å². The Morgan fingerprint density at radius 1 is 1.68 bits per heavy atom. The second-order valence-electron chi connectivity index (χ2n) is 4.85. The van der Waals surface area contributed by atoms with E-state index in [2.05, 4.69) is 21.6 Å². The number of hydrogen-bond acceptors (Lipinski definition) is 5. The van der Waals surface area contributed by atoms with E-state index in [0.29, 0.717) is 17.0 Å². The van der Waals surface area contributed by atoms with Gasteiger partial charge < -0.3 is 5.32 Å². The molecule has 0 aliphatic heterocycles. The van der Waals surface area contributed by atoms with Crippen molar-refractivity contribution in [1.82, 2.24) is 20.1 Å². The Kier molecular flexibility index (Phi) is 5.46. The maximum absolute atomic E-state index is 12.4. The van der Waals surface area contributed by atoms with Gasteiger partial charge in [-0.25, -0.2) is 0 Å². The van der Waals surface area contributed by atoms with Gasteiger partial charge in [0.25, 0.3) is 0 Å². The van der Waals surface area contributed by atoms with Gasteiger partial charge in [0.1, 0.15) is 12.1 Å². The maximum atomic E-state index is 12.4. The van der Waals surface area contributed by atoms with E-state index in [1.54, 1.807) is 11.5 Å². The third-order valence-corrected chi connectivity index (χ3v) is 4.42. The quantitative estimate of drug-likeness (QED) is 0.794. The molecule has 0 aliphatic rings. The lowest BCUT2D eigenvalue weighted by Crippen LogP contribution is -2.38. The Balaban J connectivity index is 2.25. The Bertz CT molecular complexity index is 725. The number of rotatable bonds is 6. The molecule has 116 valence electrons. The lowest BCUT2D eigenvalue weighted by molar-refractivity contribution is -0.124. The lowest BCUT2D eigenvalue weighted by Gasteiger charge is -2.17. The van der Waals surface area contributed by atoms with Gasteiger partial charge in [-0.15, -0.1) is 11.3 Å². The van der Waals surface area contributed by atoms with E-state index in [9.17, 15) is 4.79 Å². The average molecular weight is 335 g/mol. The van der Waals surface area contributed by atoms with Crippen LogP contribution in [-0.4, -0.2) is 26.7 Å². The van der Waals surface area contributed by atoms with Crippen LogP contribution in [0.5, 0.6) is 0 Å². The molecule has 0 saturated carbocycles. The minimum atomic E-state index is -0.545. The molecular formula is C14H17N5OS2. The topological polar surface area (TPSA) is 86.5 Å². The summed E-state index contributed by atoms with van der Waals surface area (Å²) in [6, 6.07) is 4.92. The largest absolute Gasteiger partial charge is 0.339 e. The van der Waals surface area contributed by atoms with Crippen LogP contribution in [0.25, 0.3) is 10.7 Å². The predicted molar refractivity (Wildman–Crippen MR) is 87.9 cm³/mol. The van der Waals surface area contributed by atoms with Crippen LogP contribution in [0.2, 0.25) is 0 Å². The zero-order chi connectivity index (χ0) is 16.1. The van der Waals surface area contributed by atoms with E-state index in [0.717, 1.165) is 11.3 Å². The number of aromatic amines is 1. The summed E-state index contributed by atoms with van der Waals surface area (Å²) < 4.78 is 2.06. The molecule has 2 aromatic heterocycles. The number of hydrogen-bond donors (Lipinski definition) is 2. The van der Waals surface area contributed by atoms with Crippen LogP contribution in [0, 0.1) is 16.1 Å². The summed E-state index contributed by atoms with van der Waals surface area (Å²) in [5.74, 6) is 0.391. The zero-order valence-electron chi connectivity index (χ0n) is 12.4. The Morgan fingerprint density at radius 2 is 2.45 bits per heavy atom. The molecule has 0 saturated heterocycles. The Labute approximate surface area is 137 Å². The first kappa shape index (κ1) is 16.4. The molecule has 22 heavy (non-hydrogen) atoms. The van der Waals surface area contributed by atoms with Crippen molar-refractivity contribution in [3.8, 4) is 16.8 Å². The van der Waals surface area contributed by atoms with Gasteiger partial charge in [-0.3, -0.25) is 14.5 Å². The number of amides is 1. The van der Waals surface area contributed by atoms with Gasteiger partial charge in [-0.2, -0.15) is 10.4 Å². The van der Waals surface area contributed by atoms with Gasteiger partial charge in [0.05, 0.1) is 10.9 Å². The first-order chi connectivity index (χ1) is 10.6. The molecule has 1 amide bonds. The molecular weight excluding hydrogens is 318 g/mol. The smallest absolute Gasteiger partial charge is 0.243 e. The van der Waals surface area contributed by atoms with Gasteiger partial charge in [0, 0.05) is 0 Å². The first-order valence-corrected chi connectivity index (χ1v) is 8.28. The fraction of sp³-hybridized carbons (Fsp3) is 0.429. The standard InChI is InChI=1S/C14H17N5OS2/c1-3-5-10(8-15)16-13(20)9(2)19-12(17-18-14(19)21)11-6-4-7-22-11/h4,6-7,9-10H,3,5H2,1-2H3,(H,16,20)(H,18,21)/t9-,10+/m0/s1. The van der Waals surface area contributed by atoms with Crippen LogP contribution in [-0.2, 0) is 4.79 Å². The summed E-state index contributed by atoms with van der Waals surface area (Å²) in [5, 5.41) is 20.7. The molecule has 2 atom stereocenters. The van der Waals surface area contributed by atoms with E-state index >= 15 is 0 Å². The number of thiophene rings is 1. The van der Waals surface area contributed by atoms with Crippen LogP contribution in [0.15, 0.2) is 17.5 Å². The third kappa shape index (κ3) is 3.43. The van der Waals surface area contributed by atoms with E-state index < -0.39 is 12.1 Å². The highest BCUT2D eigenvalue weighted by atomic mass is 32.1. The zero-order valence-corrected chi connectivity index (χ0v) is 14.0. The highest BCUT2D eigenvalue weighted by molar-refractivity contribution is 7.71. The van der Waals surface area contributed by atoms with Crippen molar-refractivity contribution in [2.24, 2.45) is 0 Å². The molecule has 0 aromatic carbocycles. The monoisotopic (exact) mass is 335 g/mol. The predicted octanol–water partition coefficient (Wildman–Crippen LogP) is 3.04. The molecule has 2 N–H and O–H groups in total. The van der Waals surface area contributed by atoms with Crippen molar-refractivity contribution in [3.05, 3.63) is 22.3 Å². The Morgan fingerprint density at radius 3 is 3.05 bits per heavy atom. The molecule has 0 aliphatic carbocycles. The SMILES string of the molecule is CCC[C@H](C#N)NC(=O)[C@H](C)n1c(-c2cccs2)n[nH]c1=S. The molecule has 2 heterocycles. The number of nitriles is 1. The van der Waals surface area contributed by atoms with Gasteiger partial charge in [0.15, 0.2) is 10.6 Å². The number of carbonyl (C=O) groups excluding carboxylic acids is 1. The van der Waals surface area contributed by atoms with Crippen molar-refractivity contribution < 1.29 is 4.79 Å². The summed E-state index contributed by atoms with van der Waals surface area (Å²) in [6.07, 6.45) is 1.46. The normalized spacial score (nSPS) is 13.3. The molecule has 0 bridgehead atoms. The molecule has 8 heteroatoms. The second kappa shape index (κ2) is 7.33. The van der Waals surface area contributed by atoms with Crippen LogP contribution < -0.4 is 5.32 Å². The number of nitrogens with zero attached hydrogens (tertiary/aromatic N) is 3. The molecule has 0 fully saturated rings. The number of carbonyl (C=O) groups is 1. The minimum Gasteiger partial charge on any atom is -0.339 e. The summed E-state index contributed by atoms with van der Waals surface area (Å²) in [7, 11) is 0. The van der Waals surface area contributed by atoms with E-state index in [-0.39, 0.29) is 5.91 Å². The maximum Gasteiger partial charge on any atom is 0.243 e. The third-order valence-electron chi connectivity index (χ3n) is 3.26. The Hall–Kier alpha value is -1.98. The molecule has 0 unspecified atom stereocenters. The van der Waals surface area contributed by atoms with Crippen molar-refractivity contribution >= 4 is 29.5 Å². The molecule has 0 spiro atoms. The number of nitrogens with one attached hydrogen (secondary N) is 2. The number of H-pyrrole nitrogens is 1. The highest BCUT2D eigenvalue weighted by Gasteiger charge is 2.23. The van der Waals surface area contributed by atoms with Crippen LogP contribution in [0.4, 0.5) is 0 Å². The van der Waals surface area contributed by atoms with Crippen molar-refractivity contribution in [2.75, 3.05) is 0 Å². The van der Waals surface area contributed by atoms with E-state index in [4.69, 9.17) is 17.5 Å².